The lowest BCUT2D eigenvalue weighted by atomic mass is 10.1. The molecule has 0 spiro atoms. The summed E-state index contributed by atoms with van der Waals surface area (Å²) in [6.07, 6.45) is 0.641. The van der Waals surface area contributed by atoms with E-state index in [0.717, 1.165) is 16.9 Å². The predicted molar refractivity (Wildman–Crippen MR) is 63.3 cm³/mol. The number of rotatable bonds is 5. The van der Waals surface area contributed by atoms with Crippen LogP contribution in [0.4, 0.5) is 0 Å². The molecule has 0 amide bonds. The Bertz CT molecular complexity index is 365. The van der Waals surface area contributed by atoms with Gasteiger partial charge in [-0.25, -0.2) is 0 Å². The fraction of sp³-hybridized carbons (Fsp3) is 0.417. The fourth-order valence-corrected chi connectivity index (χ4v) is 1.85. The number of benzene rings is 1. The number of carbonyl (C=O) groups is 1. The van der Waals surface area contributed by atoms with Crippen molar-refractivity contribution in [2.45, 2.75) is 26.7 Å². The topological polar surface area (TPSA) is 46.5 Å². The quantitative estimate of drug-likeness (QED) is 0.807. The molecule has 0 saturated carbocycles. The molecular formula is C12H15ClO3. The molecule has 0 bridgehead atoms. The number of halogens is 1. The molecule has 4 heteroatoms. The maximum Gasteiger partial charge on any atom is 0.303 e. The van der Waals surface area contributed by atoms with Gasteiger partial charge in [0.25, 0.3) is 0 Å². The smallest absolute Gasteiger partial charge is 0.303 e. The zero-order valence-electron chi connectivity index (χ0n) is 9.42. The number of aryl methyl sites for hydroxylation is 2. The van der Waals surface area contributed by atoms with Crippen LogP contribution in [0.1, 0.15) is 24.0 Å². The first-order chi connectivity index (χ1) is 7.50. The number of carboxylic acids is 1. The molecule has 1 aromatic rings. The first-order valence-electron chi connectivity index (χ1n) is 5.12. The van der Waals surface area contributed by atoms with Crippen molar-refractivity contribution in [1.29, 1.82) is 0 Å². The third kappa shape index (κ3) is 3.74. The minimum absolute atomic E-state index is 0.131. The second-order valence-electron chi connectivity index (χ2n) is 3.71. The van der Waals surface area contributed by atoms with Gasteiger partial charge < -0.3 is 9.84 Å². The molecule has 0 aliphatic heterocycles. The van der Waals surface area contributed by atoms with Crippen molar-refractivity contribution in [3.63, 3.8) is 0 Å². The van der Waals surface area contributed by atoms with Gasteiger partial charge in [-0.3, -0.25) is 4.79 Å². The molecule has 1 rings (SSSR count). The molecule has 16 heavy (non-hydrogen) atoms. The van der Waals surface area contributed by atoms with Gasteiger partial charge in [0, 0.05) is 11.4 Å². The molecule has 0 aromatic heterocycles. The first-order valence-corrected chi connectivity index (χ1v) is 5.50. The highest BCUT2D eigenvalue weighted by atomic mass is 35.5. The highest BCUT2D eigenvalue weighted by molar-refractivity contribution is 6.30. The van der Waals surface area contributed by atoms with E-state index in [0.29, 0.717) is 18.1 Å². The van der Waals surface area contributed by atoms with Crippen LogP contribution in [0, 0.1) is 13.8 Å². The summed E-state index contributed by atoms with van der Waals surface area (Å²) in [6.45, 7) is 4.26. The van der Waals surface area contributed by atoms with Gasteiger partial charge in [-0.05, 0) is 43.5 Å². The van der Waals surface area contributed by atoms with Crippen molar-refractivity contribution in [3.05, 3.63) is 28.3 Å². The summed E-state index contributed by atoms with van der Waals surface area (Å²) >= 11 is 5.89. The summed E-state index contributed by atoms with van der Waals surface area (Å²) in [4.78, 5) is 10.3. The van der Waals surface area contributed by atoms with Gasteiger partial charge in [0.15, 0.2) is 0 Å². The Morgan fingerprint density at radius 2 is 1.94 bits per heavy atom. The normalized spacial score (nSPS) is 10.2. The van der Waals surface area contributed by atoms with Gasteiger partial charge in [0.05, 0.1) is 6.61 Å². The molecule has 0 heterocycles. The molecule has 0 radical (unpaired) electrons. The van der Waals surface area contributed by atoms with Crippen LogP contribution in [0.2, 0.25) is 5.02 Å². The Morgan fingerprint density at radius 3 is 2.44 bits per heavy atom. The van der Waals surface area contributed by atoms with Gasteiger partial charge >= 0.3 is 5.97 Å². The van der Waals surface area contributed by atoms with E-state index in [1.807, 2.05) is 26.0 Å². The van der Waals surface area contributed by atoms with Crippen molar-refractivity contribution in [2.24, 2.45) is 0 Å². The number of hydrogen-bond acceptors (Lipinski definition) is 2. The lowest BCUT2D eigenvalue weighted by Crippen LogP contribution is -2.04. The Balaban J connectivity index is 2.57. The van der Waals surface area contributed by atoms with Crippen molar-refractivity contribution >= 4 is 17.6 Å². The Hall–Kier alpha value is -1.22. The van der Waals surface area contributed by atoms with Crippen molar-refractivity contribution < 1.29 is 14.6 Å². The van der Waals surface area contributed by atoms with E-state index in [1.54, 1.807) is 0 Å². The van der Waals surface area contributed by atoms with Gasteiger partial charge in [0.1, 0.15) is 5.75 Å². The minimum atomic E-state index is -0.798. The average molecular weight is 243 g/mol. The van der Waals surface area contributed by atoms with E-state index in [4.69, 9.17) is 21.4 Å². The second-order valence-corrected chi connectivity index (χ2v) is 4.15. The molecule has 0 aliphatic carbocycles. The van der Waals surface area contributed by atoms with Crippen LogP contribution in [-0.4, -0.2) is 17.7 Å². The maximum atomic E-state index is 10.3. The van der Waals surface area contributed by atoms with Crippen LogP contribution in [0.3, 0.4) is 0 Å². The molecular weight excluding hydrogens is 228 g/mol. The zero-order valence-corrected chi connectivity index (χ0v) is 10.2. The van der Waals surface area contributed by atoms with E-state index < -0.39 is 5.97 Å². The molecule has 3 nitrogen and oxygen atoms in total. The Kier molecular flexibility index (Phi) is 4.62. The van der Waals surface area contributed by atoms with Crippen molar-refractivity contribution in [3.8, 4) is 5.75 Å². The van der Waals surface area contributed by atoms with Crippen LogP contribution in [0.25, 0.3) is 0 Å². The largest absolute Gasteiger partial charge is 0.493 e. The van der Waals surface area contributed by atoms with Gasteiger partial charge in [0.2, 0.25) is 0 Å². The molecule has 1 aromatic carbocycles. The number of carboxylic acid groups (broad SMARTS) is 1. The summed E-state index contributed by atoms with van der Waals surface area (Å²) in [6, 6.07) is 3.67. The summed E-state index contributed by atoms with van der Waals surface area (Å²) < 4.78 is 5.55. The third-order valence-electron chi connectivity index (χ3n) is 2.21. The van der Waals surface area contributed by atoms with Crippen molar-refractivity contribution in [2.75, 3.05) is 6.61 Å². The Labute approximate surface area is 100.0 Å². The standard InChI is InChI=1S/C12H15ClO3/c1-8-6-10(13)7-9(2)12(8)16-5-3-4-11(14)15/h6-7H,3-5H2,1-2H3,(H,14,15). The molecule has 0 aliphatic rings. The summed E-state index contributed by atoms with van der Waals surface area (Å²) in [5.74, 6) is 0.00272. The van der Waals surface area contributed by atoms with Crippen LogP contribution in [-0.2, 0) is 4.79 Å². The van der Waals surface area contributed by atoms with E-state index >= 15 is 0 Å². The summed E-state index contributed by atoms with van der Waals surface area (Å²) in [5.41, 5.74) is 1.95. The number of ether oxygens (including phenoxy) is 1. The van der Waals surface area contributed by atoms with Crippen molar-refractivity contribution in [1.82, 2.24) is 0 Å². The van der Waals surface area contributed by atoms with Gasteiger partial charge in [-0.1, -0.05) is 11.6 Å². The molecule has 88 valence electrons. The van der Waals surface area contributed by atoms with E-state index in [9.17, 15) is 4.79 Å². The lowest BCUT2D eigenvalue weighted by molar-refractivity contribution is -0.137. The highest BCUT2D eigenvalue weighted by Crippen LogP contribution is 2.27. The second kappa shape index (κ2) is 5.75. The predicted octanol–water partition coefficient (Wildman–Crippen LogP) is 3.20. The first kappa shape index (κ1) is 12.8. The number of aliphatic carboxylic acids is 1. The highest BCUT2D eigenvalue weighted by Gasteiger charge is 2.06. The van der Waals surface area contributed by atoms with Crippen LogP contribution >= 0.6 is 11.6 Å². The van der Waals surface area contributed by atoms with Crippen LogP contribution < -0.4 is 4.74 Å². The van der Waals surface area contributed by atoms with Gasteiger partial charge in [-0.15, -0.1) is 0 Å². The molecule has 0 saturated heterocycles. The number of hydrogen-bond donors (Lipinski definition) is 1. The van der Waals surface area contributed by atoms with Gasteiger partial charge in [-0.2, -0.15) is 0 Å². The van der Waals surface area contributed by atoms with Crippen LogP contribution in [0.15, 0.2) is 12.1 Å². The molecule has 1 N–H and O–H groups in total. The lowest BCUT2D eigenvalue weighted by Gasteiger charge is -2.12. The molecule has 0 unspecified atom stereocenters. The minimum Gasteiger partial charge on any atom is -0.493 e. The fourth-order valence-electron chi connectivity index (χ4n) is 1.52. The summed E-state index contributed by atoms with van der Waals surface area (Å²) in [5, 5.41) is 9.17. The summed E-state index contributed by atoms with van der Waals surface area (Å²) in [7, 11) is 0. The third-order valence-corrected chi connectivity index (χ3v) is 2.42. The maximum absolute atomic E-state index is 10.3. The van der Waals surface area contributed by atoms with E-state index in [2.05, 4.69) is 0 Å². The zero-order chi connectivity index (χ0) is 12.1. The van der Waals surface area contributed by atoms with Crippen LogP contribution in [0.5, 0.6) is 5.75 Å². The average Bonchev–Trinajstić information content (AvgIpc) is 2.14. The van der Waals surface area contributed by atoms with E-state index in [-0.39, 0.29) is 6.42 Å². The molecule has 0 fully saturated rings. The Morgan fingerprint density at radius 1 is 1.38 bits per heavy atom. The molecule has 0 atom stereocenters. The SMILES string of the molecule is Cc1cc(Cl)cc(C)c1OCCCC(=O)O. The van der Waals surface area contributed by atoms with E-state index in [1.165, 1.54) is 0 Å². The monoisotopic (exact) mass is 242 g/mol.